The summed E-state index contributed by atoms with van der Waals surface area (Å²) in [4.78, 5) is 24.1. The maximum atomic E-state index is 12.0. The molecule has 0 saturated carbocycles. The summed E-state index contributed by atoms with van der Waals surface area (Å²) in [5, 5.41) is 20.0. The van der Waals surface area contributed by atoms with Crippen molar-refractivity contribution in [2.45, 2.75) is 52.6 Å². The molecule has 4 nitrogen and oxygen atoms in total. The Hall–Kier alpha value is -1.68. The fraction of sp³-hybridized carbons (Fsp3) is 0.529. The lowest BCUT2D eigenvalue weighted by atomic mass is 9.81. The highest BCUT2D eigenvalue weighted by atomic mass is 16.3. The first kappa shape index (κ1) is 15.7. The van der Waals surface area contributed by atoms with Crippen molar-refractivity contribution in [3.05, 3.63) is 28.3 Å². The summed E-state index contributed by atoms with van der Waals surface area (Å²) in [7, 11) is 0. The molecule has 1 aliphatic rings. The van der Waals surface area contributed by atoms with E-state index in [4.69, 9.17) is 0 Å². The first-order valence-corrected chi connectivity index (χ1v) is 7.41. The third-order valence-electron chi connectivity index (χ3n) is 3.97. The number of carbonyl (C=O) groups is 2. The van der Waals surface area contributed by atoms with Crippen molar-refractivity contribution in [3.63, 3.8) is 0 Å². The largest absolute Gasteiger partial charge is 0.507 e. The van der Waals surface area contributed by atoms with E-state index in [9.17, 15) is 19.8 Å². The Balaban J connectivity index is 2.58. The molecule has 21 heavy (non-hydrogen) atoms. The molecule has 1 aromatic carbocycles. The van der Waals surface area contributed by atoms with Gasteiger partial charge in [-0.2, -0.15) is 0 Å². The van der Waals surface area contributed by atoms with Gasteiger partial charge in [0.1, 0.15) is 5.75 Å². The van der Waals surface area contributed by atoms with Crippen molar-refractivity contribution < 1.29 is 19.8 Å². The summed E-state index contributed by atoms with van der Waals surface area (Å²) < 4.78 is 0. The van der Waals surface area contributed by atoms with Gasteiger partial charge in [-0.05, 0) is 42.9 Å². The second kappa shape index (κ2) is 5.98. The first-order valence-electron chi connectivity index (χ1n) is 7.41. The van der Waals surface area contributed by atoms with Gasteiger partial charge in [0.2, 0.25) is 0 Å². The standard InChI is InChI=1S/C17H22O4/c1-9(2)4-5-11-6-14(20)17-13(16(11)10(3)18)7-12(19)8-15(17)21/h6,9,12,19-20H,4-5,7-8H2,1-3H3/t12-/m1/s1. The Labute approximate surface area is 124 Å². The molecule has 0 radical (unpaired) electrons. The van der Waals surface area contributed by atoms with Gasteiger partial charge < -0.3 is 10.2 Å². The molecule has 0 heterocycles. The van der Waals surface area contributed by atoms with Gasteiger partial charge in [0.05, 0.1) is 11.7 Å². The van der Waals surface area contributed by atoms with Crippen molar-refractivity contribution >= 4 is 11.6 Å². The maximum Gasteiger partial charge on any atom is 0.169 e. The fourth-order valence-electron chi connectivity index (χ4n) is 3.00. The molecular formula is C17H22O4. The fourth-order valence-corrected chi connectivity index (χ4v) is 3.00. The molecule has 0 saturated heterocycles. The topological polar surface area (TPSA) is 74.6 Å². The zero-order valence-corrected chi connectivity index (χ0v) is 12.8. The van der Waals surface area contributed by atoms with Crippen LogP contribution in [0.2, 0.25) is 0 Å². The van der Waals surface area contributed by atoms with Crippen LogP contribution < -0.4 is 0 Å². The molecule has 1 aliphatic carbocycles. The van der Waals surface area contributed by atoms with Gasteiger partial charge in [0.25, 0.3) is 0 Å². The normalized spacial score (nSPS) is 18.0. The van der Waals surface area contributed by atoms with Gasteiger partial charge in [-0.15, -0.1) is 0 Å². The number of aryl methyl sites for hydroxylation is 1. The predicted octanol–water partition coefficient (Wildman–Crippen LogP) is 2.67. The van der Waals surface area contributed by atoms with Crippen LogP contribution >= 0.6 is 0 Å². The van der Waals surface area contributed by atoms with E-state index in [2.05, 4.69) is 13.8 Å². The number of ketones is 2. The number of phenolic OH excluding ortho intramolecular Hbond substituents is 1. The molecule has 4 heteroatoms. The summed E-state index contributed by atoms with van der Waals surface area (Å²) in [6.07, 6.45) is 1.05. The molecule has 0 spiro atoms. The third kappa shape index (κ3) is 3.16. The van der Waals surface area contributed by atoms with Crippen LogP contribution in [0.25, 0.3) is 0 Å². The smallest absolute Gasteiger partial charge is 0.169 e. The van der Waals surface area contributed by atoms with Crippen LogP contribution in [0.1, 0.15) is 65.5 Å². The quantitative estimate of drug-likeness (QED) is 0.836. The number of rotatable bonds is 4. The van der Waals surface area contributed by atoms with E-state index in [0.29, 0.717) is 23.5 Å². The average Bonchev–Trinajstić information content (AvgIpc) is 2.34. The summed E-state index contributed by atoms with van der Waals surface area (Å²) in [6.45, 7) is 5.66. The molecule has 0 amide bonds. The summed E-state index contributed by atoms with van der Waals surface area (Å²) in [6, 6.07) is 1.55. The summed E-state index contributed by atoms with van der Waals surface area (Å²) in [5.41, 5.74) is 2.02. The molecule has 2 rings (SSSR count). The van der Waals surface area contributed by atoms with Crippen LogP contribution in [-0.4, -0.2) is 27.9 Å². The molecular weight excluding hydrogens is 268 g/mol. The van der Waals surface area contributed by atoms with E-state index in [1.807, 2.05) is 0 Å². The molecule has 0 aliphatic heterocycles. The second-order valence-corrected chi connectivity index (χ2v) is 6.26. The molecule has 1 atom stereocenters. The van der Waals surface area contributed by atoms with E-state index in [1.54, 1.807) is 6.07 Å². The number of hydrogen-bond donors (Lipinski definition) is 2. The van der Waals surface area contributed by atoms with Gasteiger partial charge in [-0.1, -0.05) is 13.8 Å². The minimum atomic E-state index is -0.775. The SMILES string of the molecule is CC(=O)c1c(CCC(C)C)cc(O)c2c1C[C@@H](O)CC2=O. The van der Waals surface area contributed by atoms with Crippen molar-refractivity contribution in [1.29, 1.82) is 0 Å². The molecule has 0 aromatic heterocycles. The van der Waals surface area contributed by atoms with E-state index in [1.165, 1.54) is 6.92 Å². The van der Waals surface area contributed by atoms with Crippen LogP contribution in [0.3, 0.4) is 0 Å². The van der Waals surface area contributed by atoms with Gasteiger partial charge in [0, 0.05) is 18.4 Å². The average molecular weight is 290 g/mol. The monoisotopic (exact) mass is 290 g/mol. The minimum absolute atomic E-state index is 0.00322. The van der Waals surface area contributed by atoms with Crippen LogP contribution in [0, 0.1) is 5.92 Å². The van der Waals surface area contributed by atoms with Crippen molar-refractivity contribution in [2.24, 2.45) is 5.92 Å². The number of aliphatic hydroxyl groups excluding tert-OH is 1. The van der Waals surface area contributed by atoms with Crippen molar-refractivity contribution in [1.82, 2.24) is 0 Å². The molecule has 0 unspecified atom stereocenters. The molecule has 114 valence electrons. The Morgan fingerprint density at radius 3 is 2.62 bits per heavy atom. The van der Waals surface area contributed by atoms with Gasteiger partial charge in [0.15, 0.2) is 11.6 Å². The second-order valence-electron chi connectivity index (χ2n) is 6.26. The van der Waals surface area contributed by atoms with Crippen LogP contribution in [0.4, 0.5) is 0 Å². The highest BCUT2D eigenvalue weighted by Crippen LogP contribution is 2.35. The minimum Gasteiger partial charge on any atom is -0.507 e. The van der Waals surface area contributed by atoms with Crippen LogP contribution in [0.15, 0.2) is 6.07 Å². The molecule has 0 fully saturated rings. The summed E-state index contributed by atoms with van der Waals surface area (Å²) in [5.74, 6) is 0.00641. The van der Waals surface area contributed by atoms with E-state index >= 15 is 0 Å². The lowest BCUT2D eigenvalue weighted by Crippen LogP contribution is -2.27. The Morgan fingerprint density at radius 2 is 2.05 bits per heavy atom. The number of carbonyl (C=O) groups excluding carboxylic acids is 2. The van der Waals surface area contributed by atoms with Gasteiger partial charge in [-0.3, -0.25) is 9.59 Å². The lowest BCUT2D eigenvalue weighted by molar-refractivity contribution is 0.0849. The van der Waals surface area contributed by atoms with Crippen molar-refractivity contribution in [3.8, 4) is 5.75 Å². The lowest BCUT2D eigenvalue weighted by Gasteiger charge is -2.24. The Bertz CT molecular complexity index is 587. The van der Waals surface area contributed by atoms with Crippen molar-refractivity contribution in [2.75, 3.05) is 0 Å². The van der Waals surface area contributed by atoms with Gasteiger partial charge >= 0.3 is 0 Å². The van der Waals surface area contributed by atoms with Crippen LogP contribution in [-0.2, 0) is 12.8 Å². The van der Waals surface area contributed by atoms with E-state index in [-0.39, 0.29) is 35.7 Å². The summed E-state index contributed by atoms with van der Waals surface area (Å²) >= 11 is 0. The number of benzene rings is 1. The number of fused-ring (bicyclic) bond motifs is 1. The zero-order chi connectivity index (χ0) is 15.7. The molecule has 2 N–H and O–H groups in total. The number of phenols is 1. The number of Topliss-reactive ketones (excluding diaryl/α,β-unsaturated/α-hetero) is 2. The first-order chi connectivity index (χ1) is 9.81. The molecule has 0 bridgehead atoms. The zero-order valence-electron chi connectivity index (χ0n) is 12.8. The highest BCUT2D eigenvalue weighted by molar-refractivity contribution is 6.06. The Morgan fingerprint density at radius 1 is 1.38 bits per heavy atom. The van der Waals surface area contributed by atoms with Crippen LogP contribution in [0.5, 0.6) is 5.75 Å². The van der Waals surface area contributed by atoms with E-state index < -0.39 is 6.10 Å². The number of hydrogen-bond acceptors (Lipinski definition) is 4. The Kier molecular flexibility index (Phi) is 4.47. The van der Waals surface area contributed by atoms with Gasteiger partial charge in [-0.25, -0.2) is 0 Å². The number of aromatic hydroxyl groups is 1. The highest BCUT2D eigenvalue weighted by Gasteiger charge is 2.31. The predicted molar refractivity (Wildman–Crippen MR) is 79.9 cm³/mol. The van der Waals surface area contributed by atoms with E-state index in [0.717, 1.165) is 12.0 Å². The molecule has 1 aromatic rings. The number of aliphatic hydroxyl groups is 1. The third-order valence-corrected chi connectivity index (χ3v) is 3.97. The maximum absolute atomic E-state index is 12.0.